The Bertz CT molecular complexity index is 1540. The van der Waals surface area contributed by atoms with Gasteiger partial charge in [0.1, 0.15) is 0 Å². The third-order valence-electron chi connectivity index (χ3n) is 6.41. The Labute approximate surface area is 217 Å². The van der Waals surface area contributed by atoms with E-state index in [2.05, 4.69) is 10.6 Å². The molecule has 0 saturated carbocycles. The number of amides is 2. The van der Waals surface area contributed by atoms with Gasteiger partial charge in [-0.1, -0.05) is 91.0 Å². The molecule has 37 heavy (non-hydrogen) atoms. The average Bonchev–Trinajstić information content (AvgIpc) is 2.96. The van der Waals surface area contributed by atoms with Crippen molar-refractivity contribution in [2.24, 2.45) is 0 Å². The molecule has 0 bridgehead atoms. The highest BCUT2D eigenvalue weighted by molar-refractivity contribution is 6.09. The van der Waals surface area contributed by atoms with Crippen LogP contribution >= 0.6 is 0 Å². The number of carbonyl (C=O) groups excluding carboxylic acids is 2. The van der Waals surface area contributed by atoms with Gasteiger partial charge in [0, 0.05) is 28.7 Å². The zero-order valence-corrected chi connectivity index (χ0v) is 20.5. The number of nitrogens with one attached hydrogen (secondary N) is 2. The quantitative estimate of drug-likeness (QED) is 0.254. The van der Waals surface area contributed by atoms with E-state index in [0.717, 1.165) is 46.0 Å². The van der Waals surface area contributed by atoms with Gasteiger partial charge in [-0.3, -0.25) is 9.59 Å². The molecule has 0 aliphatic heterocycles. The van der Waals surface area contributed by atoms with Crippen LogP contribution in [0.25, 0.3) is 10.8 Å². The maximum Gasteiger partial charge on any atom is 0.255 e. The first-order valence-corrected chi connectivity index (χ1v) is 12.4. The van der Waals surface area contributed by atoms with E-state index < -0.39 is 0 Å². The molecule has 182 valence electrons. The van der Waals surface area contributed by atoms with Crippen molar-refractivity contribution in [3.8, 4) is 0 Å². The van der Waals surface area contributed by atoms with Crippen molar-refractivity contribution < 1.29 is 9.59 Å². The van der Waals surface area contributed by atoms with E-state index in [9.17, 15) is 9.59 Å². The maximum absolute atomic E-state index is 13.0. The number of hydrogen-bond donors (Lipinski definition) is 2. The minimum absolute atomic E-state index is 0.0854. The number of anilines is 1. The van der Waals surface area contributed by atoms with Gasteiger partial charge in [-0.25, -0.2) is 0 Å². The van der Waals surface area contributed by atoms with Gasteiger partial charge in [0.05, 0.1) is 0 Å². The van der Waals surface area contributed by atoms with Crippen molar-refractivity contribution in [2.45, 2.75) is 19.4 Å². The summed E-state index contributed by atoms with van der Waals surface area (Å²) in [7, 11) is 0. The van der Waals surface area contributed by atoms with Crippen LogP contribution < -0.4 is 10.6 Å². The van der Waals surface area contributed by atoms with Gasteiger partial charge < -0.3 is 10.6 Å². The average molecular weight is 485 g/mol. The van der Waals surface area contributed by atoms with Gasteiger partial charge in [-0.2, -0.15) is 0 Å². The van der Waals surface area contributed by atoms with E-state index in [0.29, 0.717) is 17.7 Å². The lowest BCUT2D eigenvalue weighted by Crippen LogP contribution is -2.22. The molecule has 5 aromatic carbocycles. The molecule has 4 nitrogen and oxygen atoms in total. The molecule has 0 fully saturated rings. The molecule has 4 heteroatoms. The molecule has 0 unspecified atom stereocenters. The van der Waals surface area contributed by atoms with E-state index in [4.69, 9.17) is 0 Å². The van der Waals surface area contributed by atoms with E-state index in [-0.39, 0.29) is 11.8 Å². The molecular weight excluding hydrogens is 456 g/mol. The summed E-state index contributed by atoms with van der Waals surface area (Å²) in [4.78, 5) is 25.7. The molecule has 0 radical (unpaired) electrons. The summed E-state index contributed by atoms with van der Waals surface area (Å²) in [5.74, 6) is -0.215. The van der Waals surface area contributed by atoms with Gasteiger partial charge in [0.15, 0.2) is 0 Å². The lowest BCUT2D eigenvalue weighted by Gasteiger charge is -2.10. The molecule has 0 saturated heterocycles. The largest absolute Gasteiger partial charge is 0.348 e. The Morgan fingerprint density at radius 2 is 1.11 bits per heavy atom. The van der Waals surface area contributed by atoms with Crippen molar-refractivity contribution in [3.05, 3.63) is 149 Å². The lowest BCUT2D eigenvalue weighted by atomic mass is 10.0. The molecule has 0 aliphatic rings. The summed E-state index contributed by atoms with van der Waals surface area (Å²) in [6.45, 7) is 0.498. The molecule has 0 spiro atoms. The van der Waals surface area contributed by atoms with Gasteiger partial charge in [0.2, 0.25) is 0 Å². The van der Waals surface area contributed by atoms with Crippen LogP contribution in [0.2, 0.25) is 0 Å². The monoisotopic (exact) mass is 484 g/mol. The first-order valence-electron chi connectivity index (χ1n) is 12.4. The summed E-state index contributed by atoms with van der Waals surface area (Å²) >= 11 is 0. The van der Waals surface area contributed by atoms with E-state index >= 15 is 0 Å². The van der Waals surface area contributed by atoms with E-state index in [1.807, 2.05) is 121 Å². The summed E-state index contributed by atoms with van der Waals surface area (Å²) in [5.41, 5.74) is 5.30. The second-order valence-corrected chi connectivity index (χ2v) is 9.05. The zero-order chi connectivity index (χ0) is 25.5. The summed E-state index contributed by atoms with van der Waals surface area (Å²) in [6, 6.07) is 39.2. The molecule has 2 amide bonds. The van der Waals surface area contributed by atoms with Crippen LogP contribution in [0.5, 0.6) is 0 Å². The number of carbonyl (C=O) groups is 2. The lowest BCUT2D eigenvalue weighted by molar-refractivity contribution is 0.0950. The Morgan fingerprint density at radius 3 is 1.84 bits per heavy atom. The number of rotatable bonds is 8. The molecule has 0 aliphatic carbocycles. The molecule has 0 heterocycles. The van der Waals surface area contributed by atoms with Crippen molar-refractivity contribution >= 4 is 28.3 Å². The second kappa shape index (κ2) is 11.4. The van der Waals surface area contributed by atoms with Crippen LogP contribution in [-0.4, -0.2) is 11.8 Å². The first-order chi connectivity index (χ1) is 18.2. The fraction of sp³-hybridized carbons (Fsp3) is 0.0909. The number of aryl methyl sites for hydroxylation is 2. The normalized spacial score (nSPS) is 10.7. The highest BCUT2D eigenvalue weighted by Crippen LogP contribution is 2.23. The SMILES string of the molecule is O=C(NCc1ccccc1)c1cccc(CCc2cccc(C(=O)Nc3cccc4ccccc34)c2)c1. The molecular formula is C33H28N2O2. The van der Waals surface area contributed by atoms with Crippen LogP contribution in [0.1, 0.15) is 37.4 Å². The Balaban J connectivity index is 1.21. The highest BCUT2D eigenvalue weighted by atomic mass is 16.2. The van der Waals surface area contributed by atoms with Crippen LogP contribution in [-0.2, 0) is 19.4 Å². The van der Waals surface area contributed by atoms with Crippen LogP contribution in [0.15, 0.2) is 121 Å². The zero-order valence-electron chi connectivity index (χ0n) is 20.5. The number of fused-ring (bicyclic) bond motifs is 1. The molecule has 0 atom stereocenters. The third kappa shape index (κ3) is 6.11. The Kier molecular flexibility index (Phi) is 7.37. The Hall–Kier alpha value is -4.70. The summed E-state index contributed by atoms with van der Waals surface area (Å²) < 4.78 is 0. The minimum Gasteiger partial charge on any atom is -0.348 e. The number of hydrogen-bond acceptors (Lipinski definition) is 2. The predicted molar refractivity (Wildman–Crippen MR) is 150 cm³/mol. The minimum atomic E-state index is -0.129. The van der Waals surface area contributed by atoms with E-state index in [1.165, 1.54) is 0 Å². The fourth-order valence-electron chi connectivity index (χ4n) is 4.43. The van der Waals surface area contributed by atoms with Crippen molar-refractivity contribution in [1.29, 1.82) is 0 Å². The van der Waals surface area contributed by atoms with Gasteiger partial charge in [-0.05, 0) is 65.3 Å². The van der Waals surface area contributed by atoms with Crippen LogP contribution in [0.3, 0.4) is 0 Å². The van der Waals surface area contributed by atoms with Gasteiger partial charge in [-0.15, -0.1) is 0 Å². The van der Waals surface area contributed by atoms with Crippen molar-refractivity contribution in [3.63, 3.8) is 0 Å². The Morgan fingerprint density at radius 1 is 0.541 bits per heavy atom. The third-order valence-corrected chi connectivity index (χ3v) is 6.41. The van der Waals surface area contributed by atoms with Gasteiger partial charge >= 0.3 is 0 Å². The standard InChI is InChI=1S/C33H28N2O2/c36-32(34-23-26-9-2-1-3-10-26)28-15-6-11-24(21-28)19-20-25-12-7-16-29(22-25)33(37)35-31-18-8-14-27-13-4-5-17-30(27)31/h1-18,21-22H,19-20,23H2,(H,34,36)(H,35,37). The molecule has 2 N–H and O–H groups in total. The predicted octanol–water partition coefficient (Wildman–Crippen LogP) is 6.81. The topological polar surface area (TPSA) is 58.2 Å². The van der Waals surface area contributed by atoms with Crippen LogP contribution in [0.4, 0.5) is 5.69 Å². The summed E-state index contributed by atoms with van der Waals surface area (Å²) in [5, 5.41) is 8.15. The highest BCUT2D eigenvalue weighted by Gasteiger charge is 2.10. The smallest absolute Gasteiger partial charge is 0.255 e. The van der Waals surface area contributed by atoms with Crippen molar-refractivity contribution in [2.75, 3.05) is 5.32 Å². The maximum atomic E-state index is 13.0. The molecule has 5 aromatic rings. The van der Waals surface area contributed by atoms with Gasteiger partial charge in [0.25, 0.3) is 11.8 Å². The fourth-order valence-corrected chi connectivity index (χ4v) is 4.43. The first kappa shape index (κ1) is 24.0. The molecule has 5 rings (SSSR count). The number of benzene rings is 5. The molecule has 0 aromatic heterocycles. The van der Waals surface area contributed by atoms with E-state index in [1.54, 1.807) is 0 Å². The van der Waals surface area contributed by atoms with Crippen molar-refractivity contribution in [1.82, 2.24) is 5.32 Å². The van der Waals surface area contributed by atoms with Crippen LogP contribution in [0, 0.1) is 0 Å². The summed E-state index contributed by atoms with van der Waals surface area (Å²) in [6.07, 6.45) is 1.54. The second-order valence-electron chi connectivity index (χ2n) is 9.05.